The highest BCUT2D eigenvalue weighted by molar-refractivity contribution is 5.41. The zero-order valence-electron chi connectivity index (χ0n) is 13.8. The summed E-state index contributed by atoms with van der Waals surface area (Å²) in [7, 11) is 1.70. The quantitative estimate of drug-likeness (QED) is 0.722. The van der Waals surface area contributed by atoms with Crippen molar-refractivity contribution in [1.29, 1.82) is 0 Å². The van der Waals surface area contributed by atoms with Crippen molar-refractivity contribution in [3.05, 3.63) is 71.0 Å². The van der Waals surface area contributed by atoms with Gasteiger partial charge in [-0.05, 0) is 67.6 Å². The predicted molar refractivity (Wildman–Crippen MR) is 91.2 cm³/mol. The van der Waals surface area contributed by atoms with Gasteiger partial charge in [0, 0.05) is 0 Å². The molecule has 0 atom stereocenters. The van der Waals surface area contributed by atoms with Crippen LogP contribution in [0.2, 0.25) is 0 Å². The van der Waals surface area contributed by atoms with Gasteiger partial charge in [-0.15, -0.1) is 5.10 Å². The summed E-state index contributed by atoms with van der Waals surface area (Å²) in [6, 6.07) is 14.2. The van der Waals surface area contributed by atoms with Gasteiger partial charge < -0.3 is 4.74 Å². The fraction of sp³-hybridized carbons (Fsp3) is 0.263. The van der Waals surface area contributed by atoms with Crippen LogP contribution in [-0.2, 0) is 12.8 Å². The first-order valence-electron chi connectivity index (χ1n) is 7.78. The van der Waals surface area contributed by atoms with Gasteiger partial charge in [-0.3, -0.25) is 0 Å². The van der Waals surface area contributed by atoms with E-state index >= 15 is 0 Å². The highest BCUT2D eigenvalue weighted by Gasteiger charge is 2.08. The number of aromatic nitrogens is 3. The maximum atomic E-state index is 5.32. The highest BCUT2D eigenvalue weighted by atomic mass is 16.5. The van der Waals surface area contributed by atoms with Crippen molar-refractivity contribution in [3.8, 4) is 11.4 Å². The van der Waals surface area contributed by atoms with E-state index in [4.69, 9.17) is 4.74 Å². The average Bonchev–Trinajstić information content (AvgIpc) is 3.03. The molecule has 0 N–H and O–H groups in total. The smallest absolute Gasteiger partial charge is 0.119 e. The number of ether oxygens (including phenoxy) is 1. The molecular weight excluding hydrogens is 286 g/mol. The number of rotatable bonds is 5. The summed E-state index contributed by atoms with van der Waals surface area (Å²) in [6.45, 7) is 4.26. The van der Waals surface area contributed by atoms with Crippen molar-refractivity contribution >= 4 is 0 Å². The van der Waals surface area contributed by atoms with E-state index in [1.54, 1.807) is 7.11 Å². The molecule has 118 valence electrons. The van der Waals surface area contributed by atoms with Crippen molar-refractivity contribution in [2.24, 2.45) is 0 Å². The monoisotopic (exact) mass is 307 g/mol. The number of para-hydroxylation sites is 1. The van der Waals surface area contributed by atoms with E-state index in [0.29, 0.717) is 0 Å². The second-order valence-electron chi connectivity index (χ2n) is 5.73. The SMILES string of the molecule is COc1cc(C)c(CCc2cn(-c3ccccc3)nn2)c(C)c1. The Morgan fingerprint density at radius 1 is 1.00 bits per heavy atom. The van der Waals surface area contributed by atoms with Gasteiger partial charge in [-0.25, -0.2) is 4.68 Å². The lowest BCUT2D eigenvalue weighted by Crippen LogP contribution is -1.99. The van der Waals surface area contributed by atoms with E-state index < -0.39 is 0 Å². The molecule has 0 aliphatic heterocycles. The molecule has 0 radical (unpaired) electrons. The maximum Gasteiger partial charge on any atom is 0.119 e. The number of hydrogen-bond donors (Lipinski definition) is 0. The molecule has 1 aromatic heterocycles. The summed E-state index contributed by atoms with van der Waals surface area (Å²) < 4.78 is 7.14. The van der Waals surface area contributed by atoms with Gasteiger partial charge in [0.25, 0.3) is 0 Å². The molecule has 0 aliphatic rings. The van der Waals surface area contributed by atoms with Gasteiger partial charge in [0.1, 0.15) is 5.75 Å². The largest absolute Gasteiger partial charge is 0.497 e. The molecule has 0 amide bonds. The van der Waals surface area contributed by atoms with Crippen LogP contribution in [0, 0.1) is 13.8 Å². The normalized spacial score (nSPS) is 10.7. The molecule has 3 aromatic rings. The van der Waals surface area contributed by atoms with Crippen LogP contribution < -0.4 is 4.74 Å². The van der Waals surface area contributed by atoms with E-state index in [1.165, 1.54) is 16.7 Å². The molecule has 3 rings (SSSR count). The first kappa shape index (κ1) is 15.3. The van der Waals surface area contributed by atoms with Crippen LogP contribution in [0.4, 0.5) is 0 Å². The van der Waals surface area contributed by atoms with E-state index in [9.17, 15) is 0 Å². The van der Waals surface area contributed by atoms with Gasteiger partial charge in [0.05, 0.1) is 24.7 Å². The van der Waals surface area contributed by atoms with Crippen molar-refractivity contribution < 1.29 is 4.74 Å². The number of benzene rings is 2. The molecule has 0 bridgehead atoms. The van der Waals surface area contributed by atoms with Gasteiger partial charge in [-0.2, -0.15) is 0 Å². The number of aryl methyl sites for hydroxylation is 3. The molecule has 0 fully saturated rings. The van der Waals surface area contributed by atoms with Crippen LogP contribution in [0.1, 0.15) is 22.4 Å². The van der Waals surface area contributed by atoms with E-state index in [2.05, 4.69) is 36.3 Å². The minimum Gasteiger partial charge on any atom is -0.497 e. The Labute approximate surface area is 136 Å². The molecule has 0 spiro atoms. The molecule has 23 heavy (non-hydrogen) atoms. The van der Waals surface area contributed by atoms with Crippen LogP contribution in [0.5, 0.6) is 5.75 Å². The van der Waals surface area contributed by atoms with Crippen LogP contribution in [-0.4, -0.2) is 22.1 Å². The molecule has 4 nitrogen and oxygen atoms in total. The van der Waals surface area contributed by atoms with E-state index in [-0.39, 0.29) is 0 Å². The Balaban J connectivity index is 1.73. The molecular formula is C19H21N3O. The number of nitrogens with zero attached hydrogens (tertiary/aromatic N) is 3. The Morgan fingerprint density at radius 2 is 1.70 bits per heavy atom. The third-order valence-electron chi connectivity index (χ3n) is 4.10. The first-order valence-corrected chi connectivity index (χ1v) is 7.78. The topological polar surface area (TPSA) is 39.9 Å². The lowest BCUT2D eigenvalue weighted by Gasteiger charge is -2.11. The molecule has 0 saturated carbocycles. The van der Waals surface area contributed by atoms with Crippen molar-refractivity contribution in [1.82, 2.24) is 15.0 Å². The summed E-state index contributed by atoms with van der Waals surface area (Å²) in [5.74, 6) is 0.916. The van der Waals surface area contributed by atoms with E-state index in [1.807, 2.05) is 41.2 Å². The summed E-state index contributed by atoms with van der Waals surface area (Å²) in [5.41, 5.74) is 5.92. The fourth-order valence-corrected chi connectivity index (χ4v) is 2.84. The Hall–Kier alpha value is -2.62. The summed E-state index contributed by atoms with van der Waals surface area (Å²) >= 11 is 0. The van der Waals surface area contributed by atoms with E-state index in [0.717, 1.165) is 30.0 Å². The van der Waals surface area contributed by atoms with Crippen LogP contribution in [0.3, 0.4) is 0 Å². The van der Waals surface area contributed by atoms with Crippen molar-refractivity contribution in [2.75, 3.05) is 7.11 Å². The lowest BCUT2D eigenvalue weighted by atomic mass is 9.97. The predicted octanol–water partition coefficient (Wildman–Crippen LogP) is 3.68. The minimum absolute atomic E-state index is 0.876. The number of methoxy groups -OCH3 is 1. The van der Waals surface area contributed by atoms with Crippen LogP contribution in [0.15, 0.2) is 48.7 Å². The van der Waals surface area contributed by atoms with Crippen LogP contribution in [0.25, 0.3) is 5.69 Å². The highest BCUT2D eigenvalue weighted by Crippen LogP contribution is 2.23. The van der Waals surface area contributed by atoms with Gasteiger partial charge >= 0.3 is 0 Å². The second kappa shape index (κ2) is 6.65. The van der Waals surface area contributed by atoms with Crippen molar-refractivity contribution in [3.63, 3.8) is 0 Å². The third kappa shape index (κ3) is 3.42. The third-order valence-corrected chi connectivity index (χ3v) is 4.10. The molecule has 4 heteroatoms. The van der Waals surface area contributed by atoms with Crippen LogP contribution >= 0.6 is 0 Å². The second-order valence-corrected chi connectivity index (χ2v) is 5.73. The summed E-state index contributed by atoms with van der Waals surface area (Å²) in [4.78, 5) is 0. The summed E-state index contributed by atoms with van der Waals surface area (Å²) in [6.07, 6.45) is 3.83. The molecule has 1 heterocycles. The minimum atomic E-state index is 0.876. The molecule has 0 saturated heterocycles. The zero-order valence-corrected chi connectivity index (χ0v) is 13.8. The Bertz CT molecular complexity index is 770. The molecule has 0 unspecified atom stereocenters. The van der Waals surface area contributed by atoms with Gasteiger partial charge in [-0.1, -0.05) is 23.4 Å². The fourth-order valence-electron chi connectivity index (χ4n) is 2.84. The van der Waals surface area contributed by atoms with Gasteiger partial charge in [0.2, 0.25) is 0 Å². The standard InChI is InChI=1S/C19H21N3O/c1-14-11-18(23-3)12-15(2)19(14)10-9-16-13-22(21-20-16)17-7-5-4-6-8-17/h4-8,11-13H,9-10H2,1-3H3. The average molecular weight is 307 g/mol. The Kier molecular flexibility index (Phi) is 4.42. The molecule has 0 aliphatic carbocycles. The number of hydrogen-bond acceptors (Lipinski definition) is 3. The first-order chi connectivity index (χ1) is 11.2. The summed E-state index contributed by atoms with van der Waals surface area (Å²) in [5, 5.41) is 8.51. The lowest BCUT2D eigenvalue weighted by molar-refractivity contribution is 0.414. The molecule has 2 aromatic carbocycles. The van der Waals surface area contributed by atoms with Crippen molar-refractivity contribution in [2.45, 2.75) is 26.7 Å². The maximum absolute atomic E-state index is 5.32. The van der Waals surface area contributed by atoms with Gasteiger partial charge in [0.15, 0.2) is 0 Å². The zero-order chi connectivity index (χ0) is 16.2. The Morgan fingerprint density at radius 3 is 2.35 bits per heavy atom.